The van der Waals surface area contributed by atoms with Crippen molar-refractivity contribution in [3.63, 3.8) is 0 Å². The first-order valence-electron chi connectivity index (χ1n) is 5.88. The number of ether oxygens (including phenoxy) is 1. The van der Waals surface area contributed by atoms with E-state index >= 15 is 0 Å². The first kappa shape index (κ1) is 12.3. The van der Waals surface area contributed by atoms with Gasteiger partial charge < -0.3 is 15.4 Å². The van der Waals surface area contributed by atoms with Crippen molar-refractivity contribution in [2.24, 2.45) is 0 Å². The minimum atomic E-state index is 0.728. The second-order valence-electron chi connectivity index (χ2n) is 4.31. The summed E-state index contributed by atoms with van der Waals surface area (Å²) in [6.07, 6.45) is 0. The maximum absolute atomic E-state index is 5.85. The summed E-state index contributed by atoms with van der Waals surface area (Å²) in [6.45, 7) is 0.797. The molecule has 2 rings (SSSR count). The number of benzene rings is 2. The normalized spacial score (nSPS) is 10.1. The monoisotopic (exact) mass is 242 g/mol. The van der Waals surface area contributed by atoms with Gasteiger partial charge in [0, 0.05) is 31.0 Å². The van der Waals surface area contributed by atoms with E-state index in [0.29, 0.717) is 0 Å². The number of anilines is 2. The van der Waals surface area contributed by atoms with Crippen LogP contribution in [-0.2, 0) is 6.54 Å². The van der Waals surface area contributed by atoms with E-state index in [-0.39, 0.29) is 0 Å². The van der Waals surface area contributed by atoms with Gasteiger partial charge in [-0.2, -0.15) is 0 Å². The van der Waals surface area contributed by atoms with Crippen molar-refractivity contribution >= 4 is 11.4 Å². The smallest absolute Gasteiger partial charge is 0.121 e. The highest BCUT2D eigenvalue weighted by Gasteiger charge is 2.04. The molecule has 0 spiro atoms. The number of nitrogens with zero attached hydrogens (tertiary/aromatic N) is 1. The van der Waals surface area contributed by atoms with Gasteiger partial charge in [0.1, 0.15) is 5.75 Å². The second kappa shape index (κ2) is 5.45. The van der Waals surface area contributed by atoms with E-state index in [9.17, 15) is 0 Å². The fraction of sp³-hybridized carbons (Fsp3) is 0.200. The Bertz CT molecular complexity index is 511. The van der Waals surface area contributed by atoms with E-state index in [1.165, 1.54) is 5.69 Å². The molecule has 0 heterocycles. The van der Waals surface area contributed by atoms with Gasteiger partial charge in [-0.25, -0.2) is 0 Å². The average Bonchev–Trinajstić information content (AvgIpc) is 2.39. The Morgan fingerprint density at radius 1 is 1.11 bits per heavy atom. The van der Waals surface area contributed by atoms with Crippen LogP contribution in [0.15, 0.2) is 48.5 Å². The molecular weight excluding hydrogens is 224 g/mol. The van der Waals surface area contributed by atoms with Gasteiger partial charge in [-0.3, -0.25) is 0 Å². The third kappa shape index (κ3) is 2.94. The molecule has 0 aromatic heterocycles. The van der Waals surface area contributed by atoms with Gasteiger partial charge in [0.2, 0.25) is 0 Å². The first-order chi connectivity index (χ1) is 8.69. The number of para-hydroxylation sites is 1. The zero-order valence-electron chi connectivity index (χ0n) is 10.8. The van der Waals surface area contributed by atoms with Gasteiger partial charge in [0.25, 0.3) is 0 Å². The number of methoxy groups -OCH3 is 1. The lowest BCUT2D eigenvalue weighted by Crippen LogP contribution is -2.16. The van der Waals surface area contributed by atoms with Gasteiger partial charge in [-0.15, -0.1) is 0 Å². The molecule has 0 fully saturated rings. The van der Waals surface area contributed by atoms with Crippen LogP contribution in [0.1, 0.15) is 5.56 Å². The van der Waals surface area contributed by atoms with E-state index < -0.39 is 0 Å². The molecule has 0 saturated heterocycles. The van der Waals surface area contributed by atoms with Crippen LogP contribution in [0.3, 0.4) is 0 Å². The lowest BCUT2D eigenvalue weighted by Gasteiger charge is -2.19. The molecule has 0 aliphatic carbocycles. The molecule has 3 heteroatoms. The Kier molecular flexibility index (Phi) is 3.72. The zero-order valence-corrected chi connectivity index (χ0v) is 10.8. The Morgan fingerprint density at radius 3 is 2.50 bits per heavy atom. The number of rotatable bonds is 4. The first-order valence-corrected chi connectivity index (χ1v) is 5.88. The van der Waals surface area contributed by atoms with Crippen LogP contribution in [0.4, 0.5) is 11.4 Å². The van der Waals surface area contributed by atoms with Gasteiger partial charge in [0.15, 0.2) is 0 Å². The van der Waals surface area contributed by atoms with Gasteiger partial charge >= 0.3 is 0 Å². The Balaban J connectivity index is 2.16. The van der Waals surface area contributed by atoms with Crippen molar-refractivity contribution in [1.29, 1.82) is 0 Å². The number of nitrogens with two attached hydrogens (primary N) is 1. The molecule has 3 nitrogen and oxygen atoms in total. The predicted octanol–water partition coefficient (Wildman–Crippen LogP) is 2.91. The maximum atomic E-state index is 5.85. The lowest BCUT2D eigenvalue weighted by molar-refractivity contribution is 0.414. The topological polar surface area (TPSA) is 38.5 Å². The molecule has 94 valence electrons. The molecule has 18 heavy (non-hydrogen) atoms. The second-order valence-corrected chi connectivity index (χ2v) is 4.31. The van der Waals surface area contributed by atoms with Crippen LogP contribution in [0, 0.1) is 0 Å². The number of hydrogen-bond acceptors (Lipinski definition) is 3. The zero-order chi connectivity index (χ0) is 13.0. The summed E-state index contributed by atoms with van der Waals surface area (Å²) in [4.78, 5) is 2.17. The average molecular weight is 242 g/mol. The minimum Gasteiger partial charge on any atom is -0.497 e. The van der Waals surface area contributed by atoms with Crippen molar-refractivity contribution in [3.8, 4) is 5.75 Å². The quantitative estimate of drug-likeness (QED) is 0.838. The van der Waals surface area contributed by atoms with E-state index in [1.807, 2.05) is 36.4 Å². The fourth-order valence-electron chi connectivity index (χ4n) is 1.94. The summed E-state index contributed by atoms with van der Waals surface area (Å²) in [5.74, 6) is 0.798. The lowest BCUT2D eigenvalue weighted by atomic mass is 10.1. The third-order valence-electron chi connectivity index (χ3n) is 2.84. The number of nitrogen functional groups attached to an aromatic ring is 1. The molecule has 0 unspecified atom stereocenters. The SMILES string of the molecule is COc1cc(N)cc(CN(C)c2ccccc2)c1. The molecular formula is C15H18N2O. The molecule has 0 radical (unpaired) electrons. The Labute approximate surface area is 108 Å². The van der Waals surface area contributed by atoms with E-state index in [1.54, 1.807) is 7.11 Å². The molecule has 2 N–H and O–H groups in total. The Hall–Kier alpha value is -2.16. The highest BCUT2D eigenvalue weighted by atomic mass is 16.5. The van der Waals surface area contributed by atoms with E-state index in [0.717, 1.165) is 23.5 Å². The summed E-state index contributed by atoms with van der Waals surface area (Å²) in [5.41, 5.74) is 8.90. The van der Waals surface area contributed by atoms with Crippen LogP contribution in [0.2, 0.25) is 0 Å². The largest absolute Gasteiger partial charge is 0.497 e. The third-order valence-corrected chi connectivity index (χ3v) is 2.84. The molecule has 0 amide bonds. The molecule has 0 atom stereocenters. The predicted molar refractivity (Wildman–Crippen MR) is 76.0 cm³/mol. The highest BCUT2D eigenvalue weighted by Crippen LogP contribution is 2.21. The summed E-state index contributed by atoms with van der Waals surface area (Å²) >= 11 is 0. The van der Waals surface area contributed by atoms with E-state index in [2.05, 4.69) is 24.1 Å². The molecule has 0 saturated carbocycles. The van der Waals surface area contributed by atoms with Crippen molar-refractivity contribution in [2.75, 3.05) is 24.8 Å². The van der Waals surface area contributed by atoms with Crippen LogP contribution < -0.4 is 15.4 Å². The molecule has 0 aliphatic heterocycles. The highest BCUT2D eigenvalue weighted by molar-refractivity contribution is 5.50. The Morgan fingerprint density at radius 2 is 1.83 bits per heavy atom. The maximum Gasteiger partial charge on any atom is 0.121 e. The van der Waals surface area contributed by atoms with Crippen molar-refractivity contribution < 1.29 is 4.74 Å². The van der Waals surface area contributed by atoms with E-state index in [4.69, 9.17) is 10.5 Å². The van der Waals surface area contributed by atoms with Crippen LogP contribution in [0.5, 0.6) is 5.75 Å². The molecule has 0 aliphatic rings. The van der Waals surface area contributed by atoms with Gasteiger partial charge in [0.05, 0.1) is 7.11 Å². The number of hydrogen-bond donors (Lipinski definition) is 1. The molecule has 0 bridgehead atoms. The standard InChI is InChI=1S/C15H18N2O/c1-17(14-6-4-3-5-7-14)11-12-8-13(16)10-15(9-12)18-2/h3-10H,11,16H2,1-2H3. The van der Waals surface area contributed by atoms with Crippen LogP contribution >= 0.6 is 0 Å². The minimum absolute atomic E-state index is 0.728. The van der Waals surface area contributed by atoms with Crippen molar-refractivity contribution in [1.82, 2.24) is 0 Å². The summed E-state index contributed by atoms with van der Waals surface area (Å²) in [7, 11) is 3.71. The fourth-order valence-corrected chi connectivity index (χ4v) is 1.94. The molecule has 2 aromatic rings. The summed E-state index contributed by atoms with van der Waals surface area (Å²) in [5, 5.41) is 0. The summed E-state index contributed by atoms with van der Waals surface area (Å²) < 4.78 is 5.22. The van der Waals surface area contributed by atoms with Crippen LogP contribution in [-0.4, -0.2) is 14.2 Å². The van der Waals surface area contributed by atoms with Crippen molar-refractivity contribution in [3.05, 3.63) is 54.1 Å². The van der Waals surface area contributed by atoms with Gasteiger partial charge in [-0.05, 0) is 29.8 Å². The van der Waals surface area contributed by atoms with Crippen molar-refractivity contribution in [2.45, 2.75) is 6.54 Å². The van der Waals surface area contributed by atoms with Crippen LogP contribution in [0.25, 0.3) is 0 Å². The molecule has 2 aromatic carbocycles. The summed E-state index contributed by atoms with van der Waals surface area (Å²) in [6, 6.07) is 16.1. The van der Waals surface area contributed by atoms with Gasteiger partial charge in [-0.1, -0.05) is 18.2 Å².